The largest absolute Gasteiger partial charge is 0.354 e. The van der Waals surface area contributed by atoms with Gasteiger partial charge in [0.1, 0.15) is 5.69 Å². The number of nitrogens with zero attached hydrogens (tertiary/aromatic N) is 4. The second kappa shape index (κ2) is 8.71. The molecule has 1 N–H and O–H groups in total. The molecule has 1 saturated heterocycles. The summed E-state index contributed by atoms with van der Waals surface area (Å²) in [7, 11) is 0. The Labute approximate surface area is 147 Å². The van der Waals surface area contributed by atoms with Crippen LogP contribution in [0.4, 0.5) is 0 Å². The van der Waals surface area contributed by atoms with Gasteiger partial charge in [-0.1, -0.05) is 24.1 Å². The summed E-state index contributed by atoms with van der Waals surface area (Å²) in [4.78, 5) is 23.1. The minimum atomic E-state index is -0.0903. The number of nitrogens with one attached hydrogen (secondary N) is 1. The molecule has 1 fully saturated rings. The third kappa shape index (κ3) is 4.85. The van der Waals surface area contributed by atoms with E-state index < -0.39 is 0 Å². The molecule has 2 aromatic heterocycles. The third-order valence-electron chi connectivity index (χ3n) is 4.57. The van der Waals surface area contributed by atoms with Crippen LogP contribution < -0.4 is 5.32 Å². The number of amides is 1. The van der Waals surface area contributed by atoms with Crippen molar-refractivity contribution in [3.05, 3.63) is 30.2 Å². The van der Waals surface area contributed by atoms with Gasteiger partial charge >= 0.3 is 0 Å². The van der Waals surface area contributed by atoms with Crippen LogP contribution in [0.3, 0.4) is 0 Å². The average Bonchev–Trinajstić information content (AvgIpc) is 2.95. The Hall–Kier alpha value is -2.28. The van der Waals surface area contributed by atoms with Crippen LogP contribution >= 0.6 is 0 Å². The highest BCUT2D eigenvalue weighted by molar-refractivity contribution is 5.81. The molecule has 3 heterocycles. The van der Waals surface area contributed by atoms with Gasteiger partial charge < -0.3 is 9.84 Å². The SMILES string of the molecule is C[C@H](C(=O)NCCc1noc(-c2ccccn2)n1)N1CCCCCC1. The van der Waals surface area contributed by atoms with Crippen molar-refractivity contribution in [2.45, 2.75) is 45.1 Å². The monoisotopic (exact) mass is 343 g/mol. The van der Waals surface area contributed by atoms with E-state index >= 15 is 0 Å². The molecule has 0 aromatic carbocycles. The lowest BCUT2D eigenvalue weighted by molar-refractivity contribution is -0.125. The number of pyridine rings is 1. The predicted octanol–water partition coefficient (Wildman–Crippen LogP) is 2.05. The van der Waals surface area contributed by atoms with Crippen LogP contribution in [0.5, 0.6) is 0 Å². The summed E-state index contributed by atoms with van der Waals surface area (Å²) in [5, 5.41) is 6.93. The maximum atomic E-state index is 12.3. The number of hydrogen-bond acceptors (Lipinski definition) is 6. The zero-order valence-corrected chi connectivity index (χ0v) is 14.6. The van der Waals surface area contributed by atoms with Gasteiger partial charge in [0.25, 0.3) is 5.89 Å². The highest BCUT2D eigenvalue weighted by Crippen LogP contribution is 2.14. The fraction of sp³-hybridized carbons (Fsp3) is 0.556. The molecule has 7 heteroatoms. The van der Waals surface area contributed by atoms with E-state index in [2.05, 4.69) is 25.3 Å². The number of hydrogen-bond donors (Lipinski definition) is 1. The van der Waals surface area contributed by atoms with E-state index in [0.29, 0.717) is 30.4 Å². The Balaban J connectivity index is 1.46. The van der Waals surface area contributed by atoms with Crippen LogP contribution in [0.15, 0.2) is 28.9 Å². The summed E-state index contributed by atoms with van der Waals surface area (Å²) in [5.41, 5.74) is 0.653. The molecular formula is C18H25N5O2. The van der Waals surface area contributed by atoms with Gasteiger partial charge in [-0.2, -0.15) is 4.98 Å². The van der Waals surface area contributed by atoms with Gasteiger partial charge in [-0.3, -0.25) is 14.7 Å². The predicted molar refractivity (Wildman–Crippen MR) is 93.7 cm³/mol. The van der Waals surface area contributed by atoms with Gasteiger partial charge in [0.2, 0.25) is 5.91 Å². The van der Waals surface area contributed by atoms with Crippen molar-refractivity contribution in [1.82, 2.24) is 25.3 Å². The number of likely N-dealkylation sites (tertiary alicyclic amines) is 1. The Morgan fingerprint density at radius 1 is 1.28 bits per heavy atom. The molecule has 0 radical (unpaired) electrons. The smallest absolute Gasteiger partial charge is 0.276 e. The first-order valence-electron chi connectivity index (χ1n) is 9.00. The van der Waals surface area contributed by atoms with E-state index in [0.717, 1.165) is 13.1 Å². The molecule has 0 bridgehead atoms. The van der Waals surface area contributed by atoms with Crippen molar-refractivity contribution in [1.29, 1.82) is 0 Å². The number of rotatable bonds is 6. The van der Waals surface area contributed by atoms with Crippen LogP contribution in [-0.4, -0.2) is 51.6 Å². The molecule has 0 spiro atoms. The minimum absolute atomic E-state index is 0.0651. The summed E-state index contributed by atoms with van der Waals surface area (Å²) in [5.74, 6) is 1.04. The molecule has 0 unspecified atom stereocenters. The summed E-state index contributed by atoms with van der Waals surface area (Å²) in [6.45, 7) is 4.49. The molecule has 0 aliphatic carbocycles. The summed E-state index contributed by atoms with van der Waals surface area (Å²) < 4.78 is 5.22. The molecule has 1 amide bonds. The topological polar surface area (TPSA) is 84.2 Å². The Bertz CT molecular complexity index is 665. The second-order valence-corrected chi connectivity index (χ2v) is 6.40. The Morgan fingerprint density at radius 2 is 2.08 bits per heavy atom. The zero-order valence-electron chi connectivity index (χ0n) is 14.6. The van der Waals surface area contributed by atoms with E-state index in [-0.39, 0.29) is 11.9 Å². The normalized spacial score (nSPS) is 17.0. The summed E-state index contributed by atoms with van der Waals surface area (Å²) in [6, 6.07) is 5.44. The van der Waals surface area contributed by atoms with Crippen molar-refractivity contribution in [3.63, 3.8) is 0 Å². The average molecular weight is 343 g/mol. The first-order chi connectivity index (χ1) is 12.2. The first kappa shape index (κ1) is 17.5. The Kier molecular flexibility index (Phi) is 6.11. The van der Waals surface area contributed by atoms with Gasteiger partial charge in [0.15, 0.2) is 5.82 Å². The molecule has 0 saturated carbocycles. The molecule has 1 aliphatic heterocycles. The van der Waals surface area contributed by atoms with Crippen LogP contribution in [0.2, 0.25) is 0 Å². The van der Waals surface area contributed by atoms with E-state index in [9.17, 15) is 4.79 Å². The highest BCUT2D eigenvalue weighted by atomic mass is 16.5. The maximum Gasteiger partial charge on any atom is 0.276 e. The second-order valence-electron chi connectivity index (χ2n) is 6.40. The zero-order chi connectivity index (χ0) is 17.5. The van der Waals surface area contributed by atoms with Gasteiger partial charge in [0, 0.05) is 19.2 Å². The Morgan fingerprint density at radius 3 is 2.80 bits per heavy atom. The van der Waals surface area contributed by atoms with Crippen molar-refractivity contribution in [2.75, 3.05) is 19.6 Å². The molecule has 25 heavy (non-hydrogen) atoms. The van der Waals surface area contributed by atoms with Crippen molar-refractivity contribution in [2.24, 2.45) is 0 Å². The lowest BCUT2D eigenvalue weighted by Gasteiger charge is -2.26. The quantitative estimate of drug-likeness (QED) is 0.864. The molecule has 134 valence electrons. The van der Waals surface area contributed by atoms with Gasteiger partial charge in [0.05, 0.1) is 6.04 Å². The maximum absolute atomic E-state index is 12.3. The fourth-order valence-electron chi connectivity index (χ4n) is 3.04. The van der Waals surface area contributed by atoms with Crippen molar-refractivity contribution in [3.8, 4) is 11.6 Å². The highest BCUT2D eigenvalue weighted by Gasteiger charge is 2.21. The van der Waals surface area contributed by atoms with Crippen molar-refractivity contribution < 1.29 is 9.32 Å². The van der Waals surface area contributed by atoms with Crippen LogP contribution in [-0.2, 0) is 11.2 Å². The molecule has 7 nitrogen and oxygen atoms in total. The van der Waals surface area contributed by atoms with E-state index in [1.54, 1.807) is 6.20 Å². The van der Waals surface area contributed by atoms with E-state index in [1.807, 2.05) is 25.1 Å². The number of carbonyl (C=O) groups excluding carboxylic acids is 1. The van der Waals surface area contributed by atoms with Crippen LogP contribution in [0.25, 0.3) is 11.6 Å². The molecule has 1 atom stereocenters. The van der Waals surface area contributed by atoms with Crippen molar-refractivity contribution >= 4 is 5.91 Å². The molecule has 1 aliphatic rings. The van der Waals surface area contributed by atoms with Crippen LogP contribution in [0, 0.1) is 0 Å². The summed E-state index contributed by atoms with van der Waals surface area (Å²) >= 11 is 0. The van der Waals surface area contributed by atoms with E-state index in [1.165, 1.54) is 25.7 Å². The van der Waals surface area contributed by atoms with E-state index in [4.69, 9.17) is 4.52 Å². The fourth-order valence-corrected chi connectivity index (χ4v) is 3.04. The third-order valence-corrected chi connectivity index (χ3v) is 4.57. The molecule has 3 rings (SSSR count). The molecule has 2 aromatic rings. The lowest BCUT2D eigenvalue weighted by Crippen LogP contribution is -2.46. The minimum Gasteiger partial charge on any atom is -0.354 e. The van der Waals surface area contributed by atoms with Crippen LogP contribution in [0.1, 0.15) is 38.4 Å². The van der Waals surface area contributed by atoms with Gasteiger partial charge in [-0.25, -0.2) is 0 Å². The number of aromatic nitrogens is 3. The van der Waals surface area contributed by atoms with Gasteiger partial charge in [-0.05, 0) is 45.0 Å². The first-order valence-corrected chi connectivity index (χ1v) is 9.00. The lowest BCUT2D eigenvalue weighted by atomic mass is 10.2. The standard InChI is InChI=1S/C18H25N5O2/c1-14(23-12-6-2-3-7-13-23)17(24)20-11-9-16-21-18(25-22-16)15-8-4-5-10-19-15/h4-5,8,10,14H,2-3,6-7,9,11-13H2,1H3,(H,20,24)/t14-/m1/s1. The van der Waals surface area contributed by atoms with Gasteiger partial charge in [-0.15, -0.1) is 0 Å². The number of carbonyl (C=O) groups is 1. The molecular weight excluding hydrogens is 318 g/mol. The summed E-state index contributed by atoms with van der Waals surface area (Å²) in [6.07, 6.45) is 7.11.